The van der Waals surface area contributed by atoms with Gasteiger partial charge in [0.2, 0.25) is 0 Å². The molecule has 0 aromatic carbocycles. The molecule has 1 aromatic rings. The number of hydrogen-bond donors (Lipinski definition) is 0. The molecule has 0 nitrogen and oxygen atoms in total. The molecule has 0 fully saturated rings. The molecule has 0 radical (unpaired) electrons. The van der Waals surface area contributed by atoms with Crippen LogP contribution in [0.4, 0.5) is 0 Å². The van der Waals surface area contributed by atoms with E-state index >= 15 is 0 Å². The molecule has 0 saturated carbocycles. The van der Waals surface area contributed by atoms with Crippen LogP contribution in [0.25, 0.3) is 0 Å². The van der Waals surface area contributed by atoms with Crippen molar-refractivity contribution in [3.63, 3.8) is 0 Å². The van der Waals surface area contributed by atoms with Gasteiger partial charge in [0.25, 0.3) is 0 Å². The molecule has 0 aliphatic carbocycles. The van der Waals surface area contributed by atoms with Gasteiger partial charge in [0.15, 0.2) is 0 Å². The third-order valence-electron chi connectivity index (χ3n) is 3.68. The van der Waals surface area contributed by atoms with E-state index in [2.05, 4.69) is 45.2 Å². The van der Waals surface area contributed by atoms with E-state index in [1.165, 1.54) is 57.8 Å². The Morgan fingerprint density at radius 2 is 1.42 bits per heavy atom. The summed E-state index contributed by atoms with van der Waals surface area (Å²) < 4.78 is 1.74. The van der Waals surface area contributed by atoms with Gasteiger partial charge in [-0.2, -0.15) is 0 Å². The van der Waals surface area contributed by atoms with E-state index < -0.39 is 18.4 Å². The van der Waals surface area contributed by atoms with E-state index in [9.17, 15) is 0 Å². The first-order chi connectivity index (χ1) is 9.04. The zero-order chi connectivity index (χ0) is 14.1. The van der Waals surface area contributed by atoms with Gasteiger partial charge in [0.1, 0.15) is 0 Å². The fraction of sp³-hybridized carbons (Fsp3) is 0.765. The summed E-state index contributed by atoms with van der Waals surface area (Å²) in [6, 6.07) is 4.81. The minimum absolute atomic E-state index is 1.32. The molecule has 110 valence electrons. The number of thiophene rings is 1. The van der Waals surface area contributed by atoms with Crippen LogP contribution in [0.3, 0.4) is 0 Å². The van der Waals surface area contributed by atoms with Gasteiger partial charge in [-0.25, -0.2) is 0 Å². The van der Waals surface area contributed by atoms with Crippen molar-refractivity contribution in [1.82, 2.24) is 0 Å². The maximum absolute atomic E-state index is 2.51. The SMILES string of the molecule is CCCCCCCCCCc1cc[c]([Sn]([CH3])([CH3])[CH3])s1. The van der Waals surface area contributed by atoms with E-state index in [1.54, 1.807) is 7.77 Å². The molecule has 0 aliphatic heterocycles. The fourth-order valence-electron chi connectivity index (χ4n) is 2.35. The third kappa shape index (κ3) is 7.74. The van der Waals surface area contributed by atoms with E-state index in [0.29, 0.717) is 0 Å². The van der Waals surface area contributed by atoms with Crippen LogP contribution in [-0.2, 0) is 6.42 Å². The average molecular weight is 387 g/mol. The molecule has 0 unspecified atom stereocenters. The summed E-state index contributed by atoms with van der Waals surface area (Å²) in [4.78, 5) is 9.18. The second-order valence-electron chi connectivity index (χ2n) is 6.74. The molecule has 0 N–H and O–H groups in total. The zero-order valence-corrected chi connectivity index (χ0v) is 17.1. The van der Waals surface area contributed by atoms with Gasteiger partial charge in [-0.3, -0.25) is 0 Å². The molecule has 1 aromatic heterocycles. The van der Waals surface area contributed by atoms with Crippen LogP contribution in [0.1, 0.15) is 63.2 Å². The average Bonchev–Trinajstić information content (AvgIpc) is 2.81. The standard InChI is InChI=1S/C14H23S.3CH3.Sn/c1-2-3-4-5-6-7-8-9-11-14-12-10-13-15-14;;;;/h10,12H,2-9,11H2,1H3;3*1H3;. The predicted octanol–water partition coefficient (Wildman–Crippen LogP) is 5.98. The topological polar surface area (TPSA) is 0 Å². The summed E-state index contributed by atoms with van der Waals surface area (Å²) >= 11 is 0.330. The molecule has 0 aliphatic rings. The van der Waals surface area contributed by atoms with Crippen LogP contribution >= 0.6 is 11.3 Å². The van der Waals surface area contributed by atoms with Gasteiger partial charge < -0.3 is 0 Å². The van der Waals surface area contributed by atoms with Crippen LogP contribution in [0, 0.1) is 0 Å². The number of unbranched alkanes of at least 4 members (excludes halogenated alkanes) is 7. The zero-order valence-electron chi connectivity index (χ0n) is 13.4. The molecule has 2 heteroatoms. The molecule has 0 spiro atoms. The van der Waals surface area contributed by atoms with Gasteiger partial charge in [-0.1, -0.05) is 6.92 Å². The van der Waals surface area contributed by atoms with Gasteiger partial charge in [-0.05, 0) is 0 Å². The van der Waals surface area contributed by atoms with Gasteiger partial charge in [-0.15, -0.1) is 0 Å². The molecule has 19 heavy (non-hydrogen) atoms. The van der Waals surface area contributed by atoms with Crippen molar-refractivity contribution in [1.29, 1.82) is 0 Å². The third-order valence-corrected chi connectivity index (χ3v) is 14.3. The molecule has 0 atom stereocenters. The van der Waals surface area contributed by atoms with Gasteiger partial charge in [0, 0.05) is 0 Å². The predicted molar refractivity (Wildman–Crippen MR) is 93.6 cm³/mol. The van der Waals surface area contributed by atoms with Crippen molar-refractivity contribution < 1.29 is 0 Å². The first kappa shape index (κ1) is 17.5. The first-order valence-electron chi connectivity index (χ1n) is 8.13. The van der Waals surface area contributed by atoms with Gasteiger partial charge >= 0.3 is 122 Å². The van der Waals surface area contributed by atoms with E-state index in [0.717, 1.165) is 0 Å². The Kier molecular flexibility index (Phi) is 8.72. The molecule has 1 rings (SSSR count). The Morgan fingerprint density at radius 3 is 1.95 bits per heavy atom. The molecule has 0 saturated heterocycles. The molecule has 0 amide bonds. The molecular formula is C17H32SSn. The van der Waals surface area contributed by atoms with Crippen LogP contribution < -0.4 is 2.89 Å². The summed E-state index contributed by atoms with van der Waals surface area (Å²) in [6.07, 6.45) is 12.7. The van der Waals surface area contributed by atoms with Crippen molar-refractivity contribution in [2.45, 2.75) is 79.5 Å². The van der Waals surface area contributed by atoms with Crippen molar-refractivity contribution in [2.24, 2.45) is 0 Å². The van der Waals surface area contributed by atoms with Crippen molar-refractivity contribution in [3.05, 3.63) is 17.0 Å². The Hall–Kier alpha value is 0.499. The van der Waals surface area contributed by atoms with Gasteiger partial charge in [0.05, 0.1) is 0 Å². The van der Waals surface area contributed by atoms with Crippen LogP contribution in [-0.4, -0.2) is 18.4 Å². The van der Waals surface area contributed by atoms with Crippen molar-refractivity contribution >= 4 is 32.6 Å². The van der Waals surface area contributed by atoms with Crippen molar-refractivity contribution in [2.75, 3.05) is 0 Å². The van der Waals surface area contributed by atoms with Crippen LogP contribution in [0.5, 0.6) is 0 Å². The summed E-state index contributed by atoms with van der Waals surface area (Å²) in [6.45, 7) is 2.29. The normalized spacial score (nSPS) is 12.0. The van der Waals surface area contributed by atoms with E-state index in [4.69, 9.17) is 0 Å². The van der Waals surface area contributed by atoms with Crippen LogP contribution in [0.2, 0.25) is 14.8 Å². The summed E-state index contributed by atoms with van der Waals surface area (Å²) in [5.74, 6) is 0. The first-order valence-corrected chi connectivity index (χ1v) is 18.9. The summed E-state index contributed by atoms with van der Waals surface area (Å²) in [7, 11) is 0. The Balaban J connectivity index is 2.08. The molecular weight excluding hydrogens is 355 g/mol. The van der Waals surface area contributed by atoms with Crippen molar-refractivity contribution in [3.8, 4) is 0 Å². The second kappa shape index (κ2) is 9.44. The summed E-state index contributed by atoms with van der Waals surface area (Å²) in [5.41, 5.74) is 0. The monoisotopic (exact) mass is 388 g/mol. The number of rotatable bonds is 10. The van der Waals surface area contributed by atoms with Crippen LogP contribution in [0.15, 0.2) is 12.1 Å². The Morgan fingerprint density at radius 1 is 0.842 bits per heavy atom. The number of hydrogen-bond acceptors (Lipinski definition) is 1. The quantitative estimate of drug-likeness (QED) is 0.343. The minimum atomic E-state index is -1.78. The van der Waals surface area contributed by atoms with E-state index in [-0.39, 0.29) is 0 Å². The van der Waals surface area contributed by atoms with E-state index in [1.807, 2.05) is 0 Å². The molecule has 1 heterocycles. The summed E-state index contributed by atoms with van der Waals surface area (Å²) in [5, 5.41) is 0. The Bertz CT molecular complexity index is 335. The fourth-order valence-corrected chi connectivity index (χ4v) is 8.86. The number of aryl methyl sites for hydroxylation is 1. The molecule has 0 bridgehead atoms. The second-order valence-corrected chi connectivity index (χ2v) is 23.3. The maximum atomic E-state index is 2.51. The Labute approximate surface area is 128 Å².